The molecule has 0 spiro atoms. The van der Waals surface area contributed by atoms with Crippen LogP contribution in [-0.4, -0.2) is 22.0 Å². The maximum atomic E-state index is 13.3. The van der Waals surface area contributed by atoms with Crippen molar-refractivity contribution in [3.8, 4) is 5.75 Å². The number of thiocarbonyl (C=S) groups is 1. The first-order chi connectivity index (χ1) is 7.41. The van der Waals surface area contributed by atoms with Gasteiger partial charge in [-0.25, -0.2) is 4.39 Å². The lowest BCUT2D eigenvalue weighted by atomic mass is 10.2. The third-order valence-corrected chi connectivity index (χ3v) is 2.33. The van der Waals surface area contributed by atoms with Gasteiger partial charge in [0.1, 0.15) is 11.6 Å². The summed E-state index contributed by atoms with van der Waals surface area (Å²) in [6, 6.07) is 2.76. The van der Waals surface area contributed by atoms with Crippen molar-refractivity contribution in [1.29, 1.82) is 0 Å². The van der Waals surface area contributed by atoms with Gasteiger partial charge in [0, 0.05) is 6.07 Å². The maximum Gasteiger partial charge on any atom is 0.254 e. The van der Waals surface area contributed by atoms with Crippen molar-refractivity contribution < 1.29 is 14.3 Å². The Bertz CT molecular complexity index is 437. The SMILES string of the molecule is CC(NC(=O)c1ccc(O)cc1F)C(N)=S. The van der Waals surface area contributed by atoms with E-state index in [0.29, 0.717) is 0 Å². The predicted molar refractivity (Wildman–Crippen MR) is 61.8 cm³/mol. The molecular formula is C10H11FN2O2S. The molecule has 1 unspecified atom stereocenters. The van der Waals surface area contributed by atoms with E-state index in [1.165, 1.54) is 12.1 Å². The molecule has 1 rings (SSSR count). The summed E-state index contributed by atoms with van der Waals surface area (Å²) in [5.74, 6) is -1.66. The largest absolute Gasteiger partial charge is 0.508 e. The van der Waals surface area contributed by atoms with E-state index in [1.54, 1.807) is 6.92 Å². The second-order valence-corrected chi connectivity index (χ2v) is 3.73. The Morgan fingerprint density at radius 1 is 1.62 bits per heavy atom. The van der Waals surface area contributed by atoms with Crippen LogP contribution in [0.2, 0.25) is 0 Å². The number of nitrogens with two attached hydrogens (primary N) is 1. The molecule has 0 heterocycles. The quantitative estimate of drug-likeness (QED) is 0.689. The minimum Gasteiger partial charge on any atom is -0.508 e. The lowest BCUT2D eigenvalue weighted by molar-refractivity contribution is 0.0945. The van der Waals surface area contributed by atoms with Crippen LogP contribution in [-0.2, 0) is 0 Å². The molecule has 0 saturated heterocycles. The summed E-state index contributed by atoms with van der Waals surface area (Å²) in [7, 11) is 0. The Kier molecular flexibility index (Phi) is 3.78. The summed E-state index contributed by atoms with van der Waals surface area (Å²) in [6.07, 6.45) is 0. The fourth-order valence-electron chi connectivity index (χ4n) is 1.03. The smallest absolute Gasteiger partial charge is 0.254 e. The van der Waals surface area contributed by atoms with E-state index in [0.717, 1.165) is 6.07 Å². The summed E-state index contributed by atoms with van der Waals surface area (Å²) >= 11 is 4.67. The molecule has 1 aromatic carbocycles. The Morgan fingerprint density at radius 2 is 2.25 bits per heavy atom. The van der Waals surface area contributed by atoms with E-state index in [-0.39, 0.29) is 16.3 Å². The molecule has 0 bridgehead atoms. The highest BCUT2D eigenvalue weighted by atomic mass is 32.1. The molecule has 1 atom stereocenters. The number of hydrogen-bond donors (Lipinski definition) is 3. The Balaban J connectivity index is 2.85. The maximum absolute atomic E-state index is 13.3. The van der Waals surface area contributed by atoms with Crippen molar-refractivity contribution in [1.82, 2.24) is 5.32 Å². The summed E-state index contributed by atoms with van der Waals surface area (Å²) in [5.41, 5.74) is 5.14. The topological polar surface area (TPSA) is 75.3 Å². The van der Waals surface area contributed by atoms with Crippen LogP contribution in [0, 0.1) is 5.82 Å². The molecule has 0 fully saturated rings. The highest BCUT2D eigenvalue weighted by molar-refractivity contribution is 7.80. The number of carbonyl (C=O) groups excluding carboxylic acids is 1. The molecule has 4 nitrogen and oxygen atoms in total. The lowest BCUT2D eigenvalue weighted by Gasteiger charge is -2.12. The second kappa shape index (κ2) is 4.89. The number of hydrogen-bond acceptors (Lipinski definition) is 3. The number of nitrogens with one attached hydrogen (secondary N) is 1. The molecular weight excluding hydrogens is 231 g/mol. The van der Waals surface area contributed by atoms with E-state index in [2.05, 4.69) is 17.5 Å². The van der Waals surface area contributed by atoms with E-state index in [1.807, 2.05) is 0 Å². The number of aromatic hydroxyl groups is 1. The molecule has 0 radical (unpaired) electrons. The third-order valence-electron chi connectivity index (χ3n) is 1.97. The Morgan fingerprint density at radius 3 is 2.75 bits per heavy atom. The molecule has 4 N–H and O–H groups in total. The third kappa shape index (κ3) is 2.90. The fourth-order valence-corrected chi connectivity index (χ4v) is 1.09. The van der Waals surface area contributed by atoms with Gasteiger partial charge in [-0.2, -0.15) is 0 Å². The molecule has 16 heavy (non-hydrogen) atoms. The zero-order valence-electron chi connectivity index (χ0n) is 8.53. The highest BCUT2D eigenvalue weighted by Crippen LogP contribution is 2.14. The van der Waals surface area contributed by atoms with Gasteiger partial charge in [0.2, 0.25) is 0 Å². The van der Waals surface area contributed by atoms with Crippen LogP contribution in [0.25, 0.3) is 0 Å². The molecule has 86 valence electrons. The van der Waals surface area contributed by atoms with Gasteiger partial charge in [-0.05, 0) is 19.1 Å². The summed E-state index contributed by atoms with van der Waals surface area (Å²) in [5, 5.41) is 11.4. The second-order valence-electron chi connectivity index (χ2n) is 3.26. The predicted octanol–water partition coefficient (Wildman–Crippen LogP) is 0.936. The van der Waals surface area contributed by atoms with Crippen LogP contribution in [0.4, 0.5) is 4.39 Å². The van der Waals surface area contributed by atoms with Crippen molar-refractivity contribution in [2.24, 2.45) is 5.73 Å². The van der Waals surface area contributed by atoms with Gasteiger partial charge in [-0.1, -0.05) is 12.2 Å². The van der Waals surface area contributed by atoms with E-state index in [4.69, 9.17) is 10.8 Å². The minimum absolute atomic E-state index is 0.118. The standard InChI is InChI=1S/C10H11FN2O2S/c1-5(9(12)16)13-10(15)7-3-2-6(14)4-8(7)11/h2-5,14H,1H3,(H2,12,16)(H,13,15). The molecule has 6 heteroatoms. The van der Waals surface area contributed by atoms with Crippen molar-refractivity contribution in [2.45, 2.75) is 13.0 Å². The lowest BCUT2D eigenvalue weighted by Crippen LogP contribution is -2.41. The number of amides is 1. The minimum atomic E-state index is -0.798. The van der Waals surface area contributed by atoms with Gasteiger partial charge in [-0.15, -0.1) is 0 Å². The molecule has 0 aliphatic rings. The van der Waals surface area contributed by atoms with Gasteiger partial charge < -0.3 is 16.2 Å². The van der Waals surface area contributed by atoms with Crippen molar-refractivity contribution in [3.63, 3.8) is 0 Å². The number of carbonyl (C=O) groups is 1. The Hall–Kier alpha value is -1.69. The van der Waals surface area contributed by atoms with E-state index in [9.17, 15) is 9.18 Å². The van der Waals surface area contributed by atoms with Gasteiger partial charge >= 0.3 is 0 Å². The molecule has 1 aromatic rings. The van der Waals surface area contributed by atoms with Crippen LogP contribution in [0.5, 0.6) is 5.75 Å². The first kappa shape index (κ1) is 12.4. The van der Waals surface area contributed by atoms with Crippen LogP contribution < -0.4 is 11.1 Å². The zero-order valence-corrected chi connectivity index (χ0v) is 9.34. The number of benzene rings is 1. The molecule has 0 aliphatic carbocycles. The first-order valence-corrected chi connectivity index (χ1v) is 4.91. The zero-order chi connectivity index (χ0) is 12.3. The van der Waals surface area contributed by atoms with Crippen LogP contribution in [0.15, 0.2) is 18.2 Å². The van der Waals surface area contributed by atoms with Gasteiger partial charge in [0.05, 0.1) is 16.6 Å². The Labute approximate surface area is 97.3 Å². The highest BCUT2D eigenvalue weighted by Gasteiger charge is 2.15. The molecule has 0 aromatic heterocycles. The summed E-state index contributed by atoms with van der Waals surface area (Å²) in [4.78, 5) is 11.7. The number of phenolic OH excluding ortho intramolecular Hbond substituents is 1. The average molecular weight is 242 g/mol. The monoisotopic (exact) mass is 242 g/mol. The number of halogens is 1. The molecule has 0 aliphatic heterocycles. The molecule has 1 amide bonds. The first-order valence-electron chi connectivity index (χ1n) is 4.50. The van der Waals surface area contributed by atoms with E-state index >= 15 is 0 Å². The van der Waals surface area contributed by atoms with Crippen molar-refractivity contribution in [3.05, 3.63) is 29.6 Å². The van der Waals surface area contributed by atoms with E-state index < -0.39 is 17.8 Å². The van der Waals surface area contributed by atoms with Crippen molar-refractivity contribution >= 4 is 23.1 Å². The summed E-state index contributed by atoms with van der Waals surface area (Å²) < 4.78 is 13.3. The van der Waals surface area contributed by atoms with Crippen LogP contribution in [0.1, 0.15) is 17.3 Å². The summed E-state index contributed by atoms with van der Waals surface area (Å²) in [6.45, 7) is 1.60. The van der Waals surface area contributed by atoms with Crippen LogP contribution in [0.3, 0.4) is 0 Å². The normalized spacial score (nSPS) is 11.9. The van der Waals surface area contributed by atoms with Gasteiger partial charge in [0.15, 0.2) is 0 Å². The van der Waals surface area contributed by atoms with Crippen molar-refractivity contribution in [2.75, 3.05) is 0 Å². The fraction of sp³-hybridized carbons (Fsp3) is 0.200. The van der Waals surface area contributed by atoms with Crippen LogP contribution >= 0.6 is 12.2 Å². The molecule has 0 saturated carbocycles. The number of rotatable bonds is 3. The van der Waals surface area contributed by atoms with Gasteiger partial charge in [-0.3, -0.25) is 4.79 Å². The number of phenols is 1. The average Bonchev–Trinajstić information content (AvgIpc) is 2.16. The van der Waals surface area contributed by atoms with Gasteiger partial charge in [0.25, 0.3) is 5.91 Å².